The summed E-state index contributed by atoms with van der Waals surface area (Å²) in [7, 11) is 0. The minimum Gasteiger partial charge on any atom is -0.386 e. The highest BCUT2D eigenvalue weighted by Gasteiger charge is 2.54. The molecule has 1 saturated carbocycles. The lowest BCUT2D eigenvalue weighted by atomic mass is 9.92. The molecule has 2 atom stereocenters. The van der Waals surface area contributed by atoms with E-state index in [4.69, 9.17) is 0 Å². The predicted molar refractivity (Wildman–Crippen MR) is 51.9 cm³/mol. The van der Waals surface area contributed by atoms with Gasteiger partial charge >= 0.3 is 0 Å². The van der Waals surface area contributed by atoms with Crippen LogP contribution in [0.2, 0.25) is 0 Å². The molecule has 0 amide bonds. The van der Waals surface area contributed by atoms with E-state index in [0.717, 1.165) is 6.42 Å². The fraction of sp³-hybridized carbons (Fsp3) is 0.818. The van der Waals surface area contributed by atoms with Crippen molar-refractivity contribution in [3.8, 4) is 0 Å². The van der Waals surface area contributed by atoms with Crippen molar-refractivity contribution in [1.29, 1.82) is 0 Å². The Morgan fingerprint density at radius 2 is 1.92 bits per heavy atom. The second-order valence-electron chi connectivity index (χ2n) is 5.19. The van der Waals surface area contributed by atoms with Gasteiger partial charge in [0.15, 0.2) is 0 Å². The van der Waals surface area contributed by atoms with Gasteiger partial charge in [0.25, 0.3) is 0 Å². The van der Waals surface area contributed by atoms with E-state index in [1.165, 1.54) is 5.57 Å². The smallest absolute Gasteiger partial charge is 0.0835 e. The summed E-state index contributed by atoms with van der Waals surface area (Å²) in [5, 5.41) is 10.1. The van der Waals surface area contributed by atoms with Gasteiger partial charge in [-0.3, -0.25) is 0 Å². The van der Waals surface area contributed by atoms with Crippen LogP contribution in [0.15, 0.2) is 11.6 Å². The molecule has 1 aliphatic carbocycles. The first-order valence-electron chi connectivity index (χ1n) is 4.64. The maximum absolute atomic E-state index is 10.1. The molecular weight excluding hydrogens is 148 g/mol. The standard InChI is InChI=1S/C11H20O/c1-8(2)6-11(5,12)9-7-10(9,3)4/h6,9,12H,7H2,1-5H3. The molecule has 0 aromatic heterocycles. The summed E-state index contributed by atoms with van der Waals surface area (Å²) < 4.78 is 0. The molecule has 1 heteroatoms. The van der Waals surface area contributed by atoms with Crippen LogP contribution in [0.5, 0.6) is 0 Å². The molecule has 0 spiro atoms. The first-order chi connectivity index (χ1) is 5.26. The van der Waals surface area contributed by atoms with Gasteiger partial charge in [0.1, 0.15) is 0 Å². The quantitative estimate of drug-likeness (QED) is 0.629. The Balaban J connectivity index is 2.69. The Labute approximate surface area is 75.5 Å². The average molecular weight is 168 g/mol. The molecule has 0 bridgehead atoms. The zero-order chi connectivity index (χ0) is 9.57. The van der Waals surface area contributed by atoms with E-state index < -0.39 is 5.60 Å². The van der Waals surface area contributed by atoms with Crippen LogP contribution < -0.4 is 0 Å². The molecular formula is C11H20O. The Morgan fingerprint density at radius 1 is 1.50 bits per heavy atom. The van der Waals surface area contributed by atoms with E-state index in [1.54, 1.807) is 0 Å². The molecule has 1 fully saturated rings. The van der Waals surface area contributed by atoms with Crippen molar-refractivity contribution in [2.24, 2.45) is 11.3 Å². The van der Waals surface area contributed by atoms with Crippen LogP contribution in [0.4, 0.5) is 0 Å². The molecule has 1 rings (SSSR count). The Morgan fingerprint density at radius 3 is 2.17 bits per heavy atom. The van der Waals surface area contributed by atoms with E-state index in [-0.39, 0.29) is 0 Å². The third-order valence-electron chi connectivity index (χ3n) is 2.80. The van der Waals surface area contributed by atoms with Gasteiger partial charge in [0, 0.05) is 0 Å². The Bertz CT molecular complexity index is 207. The van der Waals surface area contributed by atoms with Crippen LogP contribution in [0.3, 0.4) is 0 Å². The predicted octanol–water partition coefficient (Wildman–Crippen LogP) is 2.75. The lowest BCUT2D eigenvalue weighted by Crippen LogP contribution is -2.26. The molecule has 0 saturated heterocycles. The molecule has 1 N–H and O–H groups in total. The minimum atomic E-state index is -0.595. The third kappa shape index (κ3) is 1.89. The monoisotopic (exact) mass is 168 g/mol. The van der Waals surface area contributed by atoms with Crippen LogP contribution in [-0.4, -0.2) is 10.7 Å². The van der Waals surface area contributed by atoms with E-state index in [9.17, 15) is 5.11 Å². The third-order valence-corrected chi connectivity index (χ3v) is 2.80. The van der Waals surface area contributed by atoms with Gasteiger partial charge in [0.2, 0.25) is 0 Å². The number of rotatable bonds is 2. The van der Waals surface area contributed by atoms with Crippen molar-refractivity contribution >= 4 is 0 Å². The first kappa shape index (κ1) is 9.79. The zero-order valence-corrected chi connectivity index (χ0v) is 8.81. The van der Waals surface area contributed by atoms with Gasteiger partial charge < -0.3 is 5.11 Å². The fourth-order valence-corrected chi connectivity index (χ4v) is 2.15. The topological polar surface area (TPSA) is 20.2 Å². The van der Waals surface area contributed by atoms with Crippen LogP contribution in [-0.2, 0) is 0 Å². The summed E-state index contributed by atoms with van der Waals surface area (Å²) in [6, 6.07) is 0. The van der Waals surface area contributed by atoms with Crippen LogP contribution in [0.1, 0.15) is 41.0 Å². The van der Waals surface area contributed by atoms with Crippen molar-refractivity contribution in [2.45, 2.75) is 46.6 Å². The molecule has 0 heterocycles. The van der Waals surface area contributed by atoms with Gasteiger partial charge in [0.05, 0.1) is 5.60 Å². The van der Waals surface area contributed by atoms with Crippen molar-refractivity contribution in [3.63, 3.8) is 0 Å². The minimum absolute atomic E-state index is 0.343. The summed E-state index contributed by atoms with van der Waals surface area (Å²) in [5.74, 6) is 0.444. The summed E-state index contributed by atoms with van der Waals surface area (Å²) >= 11 is 0. The molecule has 0 aromatic rings. The largest absolute Gasteiger partial charge is 0.386 e. The van der Waals surface area contributed by atoms with E-state index in [2.05, 4.69) is 13.8 Å². The zero-order valence-electron chi connectivity index (χ0n) is 8.81. The SMILES string of the molecule is CC(C)=CC(C)(O)C1CC1(C)C. The first-order valence-corrected chi connectivity index (χ1v) is 4.64. The molecule has 1 aliphatic rings. The number of hydrogen-bond donors (Lipinski definition) is 1. The molecule has 12 heavy (non-hydrogen) atoms. The number of aliphatic hydroxyl groups is 1. The number of hydrogen-bond acceptors (Lipinski definition) is 1. The Kier molecular flexibility index (Phi) is 2.12. The molecule has 70 valence electrons. The van der Waals surface area contributed by atoms with Crippen LogP contribution in [0, 0.1) is 11.3 Å². The highest BCUT2D eigenvalue weighted by molar-refractivity contribution is 5.16. The maximum Gasteiger partial charge on any atom is 0.0835 e. The molecule has 0 aliphatic heterocycles. The van der Waals surface area contributed by atoms with Gasteiger partial charge in [-0.2, -0.15) is 0 Å². The van der Waals surface area contributed by atoms with Crippen LogP contribution >= 0.6 is 0 Å². The maximum atomic E-state index is 10.1. The fourth-order valence-electron chi connectivity index (χ4n) is 2.15. The molecule has 1 nitrogen and oxygen atoms in total. The van der Waals surface area contributed by atoms with E-state index in [0.29, 0.717) is 11.3 Å². The van der Waals surface area contributed by atoms with Crippen LogP contribution in [0.25, 0.3) is 0 Å². The molecule has 0 aromatic carbocycles. The summed E-state index contributed by atoms with van der Waals surface area (Å²) in [4.78, 5) is 0. The Hall–Kier alpha value is -0.300. The highest BCUT2D eigenvalue weighted by Crippen LogP contribution is 2.57. The van der Waals surface area contributed by atoms with Gasteiger partial charge in [-0.05, 0) is 38.5 Å². The second-order valence-corrected chi connectivity index (χ2v) is 5.19. The normalized spacial score (nSPS) is 30.7. The van der Waals surface area contributed by atoms with Gasteiger partial charge in [-0.15, -0.1) is 0 Å². The van der Waals surface area contributed by atoms with E-state index >= 15 is 0 Å². The van der Waals surface area contributed by atoms with E-state index in [1.807, 2.05) is 26.8 Å². The highest BCUT2D eigenvalue weighted by atomic mass is 16.3. The van der Waals surface area contributed by atoms with Crippen molar-refractivity contribution in [1.82, 2.24) is 0 Å². The van der Waals surface area contributed by atoms with Crippen molar-refractivity contribution in [3.05, 3.63) is 11.6 Å². The average Bonchev–Trinajstić information content (AvgIpc) is 2.36. The van der Waals surface area contributed by atoms with Gasteiger partial charge in [-0.25, -0.2) is 0 Å². The summed E-state index contributed by atoms with van der Waals surface area (Å²) in [5.41, 5.74) is 0.945. The lowest BCUT2D eigenvalue weighted by molar-refractivity contribution is 0.0735. The number of allylic oxidation sites excluding steroid dienone is 1. The van der Waals surface area contributed by atoms with Crippen molar-refractivity contribution in [2.75, 3.05) is 0 Å². The molecule has 2 unspecified atom stereocenters. The molecule has 0 radical (unpaired) electrons. The lowest BCUT2D eigenvalue weighted by Gasteiger charge is -2.21. The van der Waals surface area contributed by atoms with Crippen molar-refractivity contribution < 1.29 is 5.11 Å². The second kappa shape index (κ2) is 2.59. The van der Waals surface area contributed by atoms with Gasteiger partial charge in [-0.1, -0.05) is 25.5 Å². The summed E-state index contributed by atoms with van der Waals surface area (Å²) in [6.45, 7) is 10.4. The summed E-state index contributed by atoms with van der Waals surface area (Å²) in [6.07, 6.45) is 3.12.